The van der Waals surface area contributed by atoms with Crippen LogP contribution < -0.4 is 4.90 Å². The lowest BCUT2D eigenvalue weighted by Crippen LogP contribution is -2.25. The Balaban J connectivity index is 0.922. The molecule has 408 valence electrons. The maximum atomic E-state index is 5.84. The summed E-state index contributed by atoms with van der Waals surface area (Å²) in [5.74, 6) is 0. The van der Waals surface area contributed by atoms with Gasteiger partial charge in [-0.15, -0.1) is 0 Å². The number of anilines is 3. The number of nitrogens with zero attached hydrogens (tertiary/aromatic N) is 2. The maximum absolute atomic E-state index is 5.84. The maximum Gasteiger partial charge on any atom is 0.0794 e. The zero-order valence-corrected chi connectivity index (χ0v) is 48.4. The highest BCUT2D eigenvalue weighted by Crippen LogP contribution is 2.55. The van der Waals surface area contributed by atoms with Crippen molar-refractivity contribution in [1.29, 1.82) is 0 Å². The van der Waals surface area contributed by atoms with Crippen LogP contribution >= 0.6 is 0 Å². The average molecular weight is 1080 g/mol. The van der Waals surface area contributed by atoms with E-state index in [2.05, 4.69) is 286 Å². The Morgan fingerprint density at radius 1 is 0.310 bits per heavy atom. The molecule has 0 spiro atoms. The van der Waals surface area contributed by atoms with Gasteiger partial charge in [-0.25, -0.2) is 4.98 Å². The molecule has 0 saturated carbocycles. The number of rotatable bonds is 18. The average Bonchev–Trinajstić information content (AvgIpc) is 2.29. The van der Waals surface area contributed by atoms with Gasteiger partial charge in [-0.05, 0) is 161 Å². The van der Waals surface area contributed by atoms with E-state index >= 15 is 0 Å². The van der Waals surface area contributed by atoms with Crippen LogP contribution in [0.3, 0.4) is 0 Å². The number of fused-ring (bicyclic) bond motifs is 7. The number of aromatic nitrogens is 1. The van der Waals surface area contributed by atoms with Gasteiger partial charge in [-0.2, -0.15) is 0 Å². The molecule has 14 rings (SSSR count). The second-order valence-corrected chi connectivity index (χ2v) is 23.3. The molecule has 12 aromatic carbocycles. The Bertz CT molecular complexity index is 4390. The molecule has 0 fully saturated rings. The van der Waals surface area contributed by atoms with Crippen LogP contribution in [0.1, 0.15) is 89.2 Å². The fourth-order valence-corrected chi connectivity index (χ4v) is 14.2. The van der Waals surface area contributed by atoms with E-state index in [4.69, 9.17) is 4.98 Å². The molecule has 1 heterocycles. The Labute approximate surface area is 495 Å². The van der Waals surface area contributed by atoms with Crippen molar-refractivity contribution in [2.75, 3.05) is 4.90 Å². The predicted molar refractivity (Wildman–Crippen MR) is 360 cm³/mol. The molecule has 1 aromatic heterocycles. The Morgan fingerprint density at radius 2 is 0.786 bits per heavy atom. The third-order valence-corrected chi connectivity index (χ3v) is 18.2. The molecule has 0 saturated heterocycles. The Morgan fingerprint density at radius 3 is 1.43 bits per heavy atom. The lowest BCUT2D eigenvalue weighted by Gasteiger charge is -2.33. The van der Waals surface area contributed by atoms with Crippen molar-refractivity contribution < 1.29 is 0 Å². The fraction of sp³-hybridized carbons (Fsp3) is 0.159. The first-order valence-electron chi connectivity index (χ1n) is 30.8. The SMILES string of the molecule is CCCCCCC1(CCCCCC)c2ccccc2-c2ccc(-c3cc(-c4ccc(N(c5ccccc5)c5ccccc5)cc4)c4cccc(-c5ccc(-c6c7ccccc7c(-c7ccc8ccccc8c7)c7ccccc67)cc5)c4n3)cc21. The number of unbranched alkanes of at least 4 members (excludes halogenated alkanes) is 6. The van der Waals surface area contributed by atoms with Gasteiger partial charge in [0.1, 0.15) is 0 Å². The van der Waals surface area contributed by atoms with Crippen molar-refractivity contribution in [3.8, 4) is 66.9 Å². The van der Waals surface area contributed by atoms with Crippen LogP contribution in [0, 0.1) is 0 Å². The number of benzene rings is 12. The minimum Gasteiger partial charge on any atom is -0.311 e. The van der Waals surface area contributed by atoms with Gasteiger partial charge in [0.2, 0.25) is 0 Å². The second kappa shape index (κ2) is 23.1. The molecule has 0 aliphatic heterocycles. The lowest BCUT2D eigenvalue weighted by molar-refractivity contribution is 0.401. The summed E-state index contributed by atoms with van der Waals surface area (Å²) in [5.41, 5.74) is 21.8. The zero-order chi connectivity index (χ0) is 56.4. The largest absolute Gasteiger partial charge is 0.311 e. The van der Waals surface area contributed by atoms with E-state index in [9.17, 15) is 0 Å². The van der Waals surface area contributed by atoms with Crippen LogP contribution in [-0.4, -0.2) is 4.98 Å². The molecule has 2 nitrogen and oxygen atoms in total. The van der Waals surface area contributed by atoms with E-state index in [-0.39, 0.29) is 5.41 Å². The van der Waals surface area contributed by atoms with E-state index < -0.39 is 0 Å². The third kappa shape index (κ3) is 9.64. The number of hydrogen-bond acceptors (Lipinski definition) is 2. The highest BCUT2D eigenvalue weighted by atomic mass is 15.1. The van der Waals surface area contributed by atoms with Crippen molar-refractivity contribution in [2.45, 2.75) is 83.5 Å². The molecule has 0 N–H and O–H groups in total. The van der Waals surface area contributed by atoms with Crippen molar-refractivity contribution in [2.24, 2.45) is 0 Å². The smallest absolute Gasteiger partial charge is 0.0794 e. The number of para-hydroxylation sites is 3. The highest BCUT2D eigenvalue weighted by molar-refractivity contribution is 6.22. The second-order valence-electron chi connectivity index (χ2n) is 23.3. The van der Waals surface area contributed by atoms with Crippen molar-refractivity contribution in [3.05, 3.63) is 278 Å². The van der Waals surface area contributed by atoms with Crippen LogP contribution in [0.2, 0.25) is 0 Å². The molecule has 0 radical (unpaired) electrons. The first kappa shape index (κ1) is 52.7. The van der Waals surface area contributed by atoms with E-state index in [1.165, 1.54) is 152 Å². The summed E-state index contributed by atoms with van der Waals surface area (Å²) in [5, 5.41) is 8.64. The summed E-state index contributed by atoms with van der Waals surface area (Å²) in [4.78, 5) is 8.18. The summed E-state index contributed by atoms with van der Waals surface area (Å²) >= 11 is 0. The summed E-state index contributed by atoms with van der Waals surface area (Å²) in [7, 11) is 0. The topological polar surface area (TPSA) is 16.1 Å². The van der Waals surface area contributed by atoms with Crippen molar-refractivity contribution in [3.63, 3.8) is 0 Å². The molecule has 13 aromatic rings. The molecule has 1 aliphatic rings. The van der Waals surface area contributed by atoms with Crippen LogP contribution in [0.4, 0.5) is 17.1 Å². The van der Waals surface area contributed by atoms with E-state index in [0.29, 0.717) is 0 Å². The first-order chi connectivity index (χ1) is 41.6. The molecule has 84 heavy (non-hydrogen) atoms. The van der Waals surface area contributed by atoms with E-state index in [1.807, 2.05) is 0 Å². The minimum absolute atomic E-state index is 0.0391. The standard InChI is InChI=1S/C82H70N2/c1-3-5-7-23-52-82(53-24-8-6-4-2)76-39-22-21-32-68(76)69-51-48-62(55-77(69)82)78-56-75(59-46-49-66(50-47-59)84(64-28-11-9-12-29-64)65-30-13-10-14-31-65)74-38-25-37-67(81(74)83-78)58-41-43-60(44-42-58)79-70-33-17-19-35-72(70)80(73-36-20-18-34-71(73)79)63-45-40-57-26-15-16-27-61(57)54-63/h9-22,25-51,54-56H,3-8,23-24,52-53H2,1-2H3. The first-order valence-corrected chi connectivity index (χ1v) is 30.8. The molecule has 2 heteroatoms. The van der Waals surface area contributed by atoms with Gasteiger partial charge >= 0.3 is 0 Å². The quantitative estimate of drug-likeness (QED) is 0.0629. The van der Waals surface area contributed by atoms with Gasteiger partial charge in [0.25, 0.3) is 0 Å². The summed E-state index contributed by atoms with van der Waals surface area (Å²) in [6.07, 6.45) is 12.3. The Kier molecular flexibility index (Phi) is 14.5. The van der Waals surface area contributed by atoms with Gasteiger partial charge < -0.3 is 4.90 Å². The van der Waals surface area contributed by atoms with Crippen LogP contribution in [0.15, 0.2) is 267 Å². The monoisotopic (exact) mass is 1080 g/mol. The minimum atomic E-state index is -0.0391. The van der Waals surface area contributed by atoms with Gasteiger partial charge in [-0.3, -0.25) is 0 Å². The molecule has 0 atom stereocenters. The normalized spacial score (nSPS) is 12.5. The Hall–Kier alpha value is -9.37. The molecule has 0 amide bonds. The van der Waals surface area contributed by atoms with Crippen LogP contribution in [0.5, 0.6) is 0 Å². The highest BCUT2D eigenvalue weighted by Gasteiger charge is 2.42. The summed E-state index contributed by atoms with van der Waals surface area (Å²) in [6, 6.07) is 99.3. The predicted octanol–water partition coefficient (Wildman–Crippen LogP) is 23.7. The number of pyridine rings is 1. The fourth-order valence-electron chi connectivity index (χ4n) is 14.2. The number of hydrogen-bond donors (Lipinski definition) is 0. The van der Waals surface area contributed by atoms with Gasteiger partial charge in [0, 0.05) is 39.0 Å². The molecule has 0 bridgehead atoms. The lowest BCUT2D eigenvalue weighted by atomic mass is 9.70. The zero-order valence-electron chi connectivity index (χ0n) is 48.4. The summed E-state index contributed by atoms with van der Waals surface area (Å²) in [6.45, 7) is 4.65. The van der Waals surface area contributed by atoms with Gasteiger partial charge in [-0.1, -0.05) is 278 Å². The molecular formula is C82H70N2. The summed E-state index contributed by atoms with van der Waals surface area (Å²) < 4.78 is 0. The van der Waals surface area contributed by atoms with Crippen LogP contribution in [0.25, 0.3) is 110 Å². The van der Waals surface area contributed by atoms with Crippen molar-refractivity contribution in [1.82, 2.24) is 4.98 Å². The van der Waals surface area contributed by atoms with Gasteiger partial charge in [0.05, 0.1) is 11.2 Å². The third-order valence-electron chi connectivity index (χ3n) is 18.2. The van der Waals surface area contributed by atoms with Crippen LogP contribution in [-0.2, 0) is 5.41 Å². The van der Waals surface area contributed by atoms with E-state index in [0.717, 1.165) is 50.3 Å². The molecule has 0 unspecified atom stereocenters. The van der Waals surface area contributed by atoms with Crippen molar-refractivity contribution >= 4 is 60.3 Å². The molecule has 1 aliphatic carbocycles. The molecular weight excluding hydrogens is 1010 g/mol. The van der Waals surface area contributed by atoms with Gasteiger partial charge in [0.15, 0.2) is 0 Å². The van der Waals surface area contributed by atoms with E-state index in [1.54, 1.807) is 0 Å².